The van der Waals surface area contributed by atoms with Crippen LogP contribution in [0.2, 0.25) is 0 Å². The van der Waals surface area contributed by atoms with E-state index in [0.29, 0.717) is 6.42 Å². The highest BCUT2D eigenvalue weighted by molar-refractivity contribution is 7.99. The molecule has 0 radical (unpaired) electrons. The van der Waals surface area contributed by atoms with E-state index in [1.807, 2.05) is 0 Å². The second kappa shape index (κ2) is 9.88. The predicted octanol–water partition coefficient (Wildman–Crippen LogP) is 0.0692. The van der Waals surface area contributed by atoms with Gasteiger partial charge < -0.3 is 14.8 Å². The van der Waals surface area contributed by atoms with Crippen LogP contribution >= 0.6 is 11.8 Å². The van der Waals surface area contributed by atoms with E-state index >= 15 is 0 Å². The number of sulfone groups is 1. The smallest absolute Gasteiger partial charge is 0.230 e. The first-order valence-corrected chi connectivity index (χ1v) is 12.4. The minimum atomic E-state index is -2.99. The molecule has 2 N–H and O–H groups in total. The Kier molecular flexibility index (Phi) is 8.11. The van der Waals surface area contributed by atoms with Crippen molar-refractivity contribution in [3.63, 3.8) is 0 Å². The summed E-state index contributed by atoms with van der Waals surface area (Å²) < 4.78 is 25.2. The van der Waals surface area contributed by atoms with Gasteiger partial charge in [-0.05, 0) is 12.8 Å². The van der Waals surface area contributed by atoms with Gasteiger partial charge in [-0.3, -0.25) is 4.79 Å². The molecule has 10 heteroatoms. The molecule has 1 aromatic heterocycles. The fourth-order valence-corrected chi connectivity index (χ4v) is 5.80. The van der Waals surface area contributed by atoms with Gasteiger partial charge in [-0.2, -0.15) is 0 Å². The zero-order chi connectivity index (χ0) is 20.0. The van der Waals surface area contributed by atoms with Crippen molar-refractivity contribution in [1.82, 2.24) is 20.1 Å². The number of unbranched alkanes of at least 4 members (excludes halogenated alkanes) is 1. The lowest BCUT2D eigenvalue weighted by Gasteiger charge is -2.20. The lowest BCUT2D eigenvalue weighted by atomic mass is 10.2. The maximum atomic E-state index is 12.2. The molecule has 1 amide bonds. The summed E-state index contributed by atoms with van der Waals surface area (Å²) in [6.07, 6.45) is 3.57. The Hall–Kier alpha value is -1.13. The molecule has 2 rings (SSSR count). The first-order valence-electron chi connectivity index (χ1n) is 9.63. The van der Waals surface area contributed by atoms with Gasteiger partial charge in [0.05, 0.1) is 31.4 Å². The zero-order valence-electron chi connectivity index (χ0n) is 16.7. The highest BCUT2D eigenvalue weighted by Gasteiger charge is 2.29. The third-order valence-corrected chi connectivity index (χ3v) is 7.56. The van der Waals surface area contributed by atoms with Crippen molar-refractivity contribution < 1.29 is 18.1 Å². The number of carbonyl (C=O) groups is 1. The number of quaternary nitrogens is 1. The number of carbonyl (C=O) groups excluding carboxylic acids is 1. The van der Waals surface area contributed by atoms with Crippen LogP contribution in [0, 0.1) is 0 Å². The fourth-order valence-electron chi connectivity index (χ4n) is 3.35. The number of thioether (sulfide) groups is 1. The Bertz CT molecular complexity index is 733. The Balaban J connectivity index is 2.02. The van der Waals surface area contributed by atoms with Gasteiger partial charge in [-0.15, -0.1) is 10.2 Å². The Morgan fingerprint density at radius 2 is 2.11 bits per heavy atom. The maximum Gasteiger partial charge on any atom is 0.230 e. The number of hydrogen-bond donors (Lipinski definition) is 2. The van der Waals surface area contributed by atoms with Gasteiger partial charge in [0.25, 0.3) is 0 Å². The number of nitrogens with one attached hydrogen (secondary N) is 2. The van der Waals surface area contributed by atoms with Gasteiger partial charge in [-0.25, -0.2) is 8.42 Å². The lowest BCUT2D eigenvalue weighted by Crippen LogP contribution is -3.06. The summed E-state index contributed by atoms with van der Waals surface area (Å²) in [7, 11) is 1.24. The van der Waals surface area contributed by atoms with Crippen molar-refractivity contribution in [3.8, 4) is 0 Å². The van der Waals surface area contributed by atoms with E-state index in [1.54, 1.807) is 0 Å². The summed E-state index contributed by atoms with van der Waals surface area (Å²) >= 11 is 1.37. The molecule has 8 nitrogen and oxygen atoms in total. The molecule has 0 saturated carbocycles. The van der Waals surface area contributed by atoms with Crippen molar-refractivity contribution in [2.75, 3.05) is 31.4 Å². The van der Waals surface area contributed by atoms with Gasteiger partial charge in [0.2, 0.25) is 5.91 Å². The summed E-state index contributed by atoms with van der Waals surface area (Å²) in [6.45, 7) is 5.13. The Labute approximate surface area is 166 Å². The third-order valence-electron chi connectivity index (χ3n) is 4.83. The van der Waals surface area contributed by atoms with Gasteiger partial charge >= 0.3 is 0 Å². The monoisotopic (exact) mass is 418 g/mol. The summed E-state index contributed by atoms with van der Waals surface area (Å²) in [4.78, 5) is 13.5. The van der Waals surface area contributed by atoms with Crippen LogP contribution in [-0.2, 0) is 21.2 Å². The molecular weight excluding hydrogens is 386 g/mol. The SMILES string of the molecule is CCCCn1c(SCC(=O)N[C@H]2CCS(=O)(=O)C2)nnc1[C@@H](CC)[NH+](C)C. The molecule has 1 fully saturated rings. The van der Waals surface area contributed by atoms with Gasteiger partial charge in [0.15, 0.2) is 20.8 Å². The molecule has 0 aromatic carbocycles. The zero-order valence-corrected chi connectivity index (χ0v) is 18.3. The van der Waals surface area contributed by atoms with Crippen molar-refractivity contribution in [2.24, 2.45) is 0 Å². The van der Waals surface area contributed by atoms with Crippen LogP contribution in [0.3, 0.4) is 0 Å². The highest BCUT2D eigenvalue weighted by atomic mass is 32.2. The Morgan fingerprint density at radius 1 is 1.37 bits per heavy atom. The second-order valence-corrected chi connectivity index (χ2v) is 10.5. The van der Waals surface area contributed by atoms with Crippen LogP contribution in [-0.4, -0.2) is 66.5 Å². The first kappa shape index (κ1) is 22.2. The summed E-state index contributed by atoms with van der Waals surface area (Å²) in [6, 6.07) is -0.000312. The van der Waals surface area contributed by atoms with Crippen LogP contribution in [0.5, 0.6) is 0 Å². The van der Waals surface area contributed by atoms with E-state index in [0.717, 1.165) is 36.8 Å². The van der Waals surface area contributed by atoms with Gasteiger partial charge in [-0.1, -0.05) is 32.0 Å². The number of nitrogens with zero attached hydrogens (tertiary/aromatic N) is 3. The lowest BCUT2D eigenvalue weighted by molar-refractivity contribution is -0.893. The third kappa shape index (κ3) is 6.18. The van der Waals surface area contributed by atoms with Crippen molar-refractivity contribution >= 4 is 27.5 Å². The summed E-state index contributed by atoms with van der Waals surface area (Å²) in [5.74, 6) is 1.23. The second-order valence-electron chi connectivity index (χ2n) is 7.34. The maximum absolute atomic E-state index is 12.2. The van der Waals surface area contributed by atoms with E-state index in [1.165, 1.54) is 16.7 Å². The van der Waals surface area contributed by atoms with Crippen LogP contribution in [0.15, 0.2) is 5.16 Å². The van der Waals surface area contributed by atoms with E-state index < -0.39 is 9.84 Å². The van der Waals surface area contributed by atoms with Crippen LogP contribution < -0.4 is 10.2 Å². The van der Waals surface area contributed by atoms with Gasteiger partial charge in [0, 0.05) is 19.0 Å². The quantitative estimate of drug-likeness (QED) is 0.522. The van der Waals surface area contributed by atoms with E-state index in [2.05, 4.69) is 48.0 Å². The highest BCUT2D eigenvalue weighted by Crippen LogP contribution is 2.22. The molecule has 2 atom stereocenters. The van der Waals surface area contributed by atoms with E-state index in [9.17, 15) is 13.2 Å². The number of aromatic nitrogens is 3. The fraction of sp³-hybridized carbons (Fsp3) is 0.824. The molecule has 0 spiro atoms. The number of amides is 1. The average molecular weight is 419 g/mol. The predicted molar refractivity (Wildman–Crippen MR) is 107 cm³/mol. The number of rotatable bonds is 10. The van der Waals surface area contributed by atoms with Gasteiger partial charge in [0.1, 0.15) is 6.04 Å². The minimum Gasteiger partial charge on any atom is -0.352 e. The van der Waals surface area contributed by atoms with Crippen LogP contribution in [0.25, 0.3) is 0 Å². The van der Waals surface area contributed by atoms with Crippen molar-refractivity contribution in [1.29, 1.82) is 0 Å². The summed E-state index contributed by atoms with van der Waals surface area (Å²) in [5, 5.41) is 12.3. The molecule has 0 aliphatic carbocycles. The first-order chi connectivity index (χ1) is 12.8. The molecule has 2 heterocycles. The minimum absolute atomic E-state index is 0.0457. The molecule has 1 aliphatic heterocycles. The molecule has 27 heavy (non-hydrogen) atoms. The van der Waals surface area contributed by atoms with Crippen LogP contribution in [0.4, 0.5) is 0 Å². The molecule has 1 aromatic rings. The normalized spacial score (nSPS) is 20.1. The Morgan fingerprint density at radius 3 is 2.67 bits per heavy atom. The largest absolute Gasteiger partial charge is 0.352 e. The molecule has 1 aliphatic rings. The molecule has 154 valence electrons. The number of hydrogen-bond acceptors (Lipinski definition) is 6. The van der Waals surface area contributed by atoms with Crippen molar-refractivity contribution in [2.45, 2.75) is 63.3 Å². The molecule has 0 bridgehead atoms. The molecular formula is C17H32N5O3S2+. The molecule has 0 unspecified atom stereocenters. The average Bonchev–Trinajstić information content (AvgIpc) is 3.14. The van der Waals surface area contributed by atoms with Crippen LogP contribution in [0.1, 0.15) is 51.4 Å². The van der Waals surface area contributed by atoms with Crippen molar-refractivity contribution in [3.05, 3.63) is 5.82 Å². The standard InChI is InChI=1S/C17H31N5O3S2/c1-5-7-9-22-16(14(6-2)21(3)4)19-20-17(22)26-11-15(23)18-13-8-10-27(24,25)12-13/h13-14H,5-12H2,1-4H3,(H,18,23)/p+1/t13-,14+/m0/s1. The van der Waals surface area contributed by atoms with E-state index in [-0.39, 0.29) is 35.2 Å². The summed E-state index contributed by atoms with van der Waals surface area (Å²) in [5.41, 5.74) is 0. The topological polar surface area (TPSA) is 98.4 Å². The molecule has 1 saturated heterocycles. The van der Waals surface area contributed by atoms with E-state index in [4.69, 9.17) is 0 Å².